The Morgan fingerprint density at radius 1 is 1.40 bits per heavy atom. The molecule has 0 aliphatic carbocycles. The predicted molar refractivity (Wildman–Crippen MR) is 83.1 cm³/mol. The molecule has 4 heteroatoms. The number of aromatic nitrogens is 2. The molecule has 0 saturated heterocycles. The molecule has 20 heavy (non-hydrogen) atoms. The topological polar surface area (TPSA) is 30.3 Å². The molecule has 2 aromatic rings. The third-order valence-corrected chi connectivity index (χ3v) is 3.29. The average molecular weight is 271 g/mol. The van der Waals surface area contributed by atoms with Gasteiger partial charge in [-0.25, -0.2) is 0 Å². The number of hydrogen-bond donors (Lipinski definition) is 0. The highest BCUT2D eigenvalue weighted by Gasteiger charge is 2.14. The maximum absolute atomic E-state index is 5.56. The Kier molecular flexibility index (Phi) is 4.13. The molecule has 0 aromatic carbocycles. The number of hydrogen-bond acceptors (Lipinski definition) is 3. The number of fused-ring (bicyclic) bond motifs is 1. The highest BCUT2D eigenvalue weighted by Crippen LogP contribution is 2.27. The van der Waals surface area contributed by atoms with Crippen molar-refractivity contribution >= 4 is 16.5 Å². The molecule has 106 valence electrons. The molecule has 0 amide bonds. The van der Waals surface area contributed by atoms with E-state index in [1.54, 1.807) is 7.11 Å². The number of allylic oxidation sites excluding steroid dienone is 3. The minimum Gasteiger partial charge on any atom is -0.482 e. The van der Waals surface area contributed by atoms with Crippen LogP contribution in [0.25, 0.3) is 16.5 Å². The van der Waals surface area contributed by atoms with E-state index in [1.165, 1.54) is 5.39 Å². The fourth-order valence-electron chi connectivity index (χ4n) is 2.40. The van der Waals surface area contributed by atoms with Crippen molar-refractivity contribution in [3.05, 3.63) is 48.3 Å². The molecule has 0 aliphatic rings. The van der Waals surface area contributed by atoms with Gasteiger partial charge in [0.15, 0.2) is 5.88 Å². The lowest BCUT2D eigenvalue weighted by atomic mass is 10.1. The summed E-state index contributed by atoms with van der Waals surface area (Å²) < 4.78 is 7.70. The highest BCUT2D eigenvalue weighted by atomic mass is 16.5. The van der Waals surface area contributed by atoms with Gasteiger partial charge in [0.1, 0.15) is 0 Å². The van der Waals surface area contributed by atoms with Gasteiger partial charge in [-0.1, -0.05) is 12.2 Å². The molecule has 0 spiro atoms. The molecule has 0 radical (unpaired) electrons. The van der Waals surface area contributed by atoms with Crippen LogP contribution in [0.4, 0.5) is 0 Å². The van der Waals surface area contributed by atoms with Crippen LogP contribution in [0, 0.1) is 0 Å². The Balaban J connectivity index is 2.73. The first kappa shape index (κ1) is 14.2. The van der Waals surface area contributed by atoms with Crippen molar-refractivity contribution in [1.29, 1.82) is 0 Å². The van der Waals surface area contributed by atoms with E-state index in [9.17, 15) is 0 Å². The van der Waals surface area contributed by atoms with Crippen molar-refractivity contribution in [3.63, 3.8) is 0 Å². The minimum absolute atomic E-state index is 0.835. The van der Waals surface area contributed by atoms with Crippen molar-refractivity contribution in [2.45, 2.75) is 6.92 Å². The van der Waals surface area contributed by atoms with Crippen LogP contribution < -0.4 is 0 Å². The zero-order valence-electron chi connectivity index (χ0n) is 12.7. The third kappa shape index (κ3) is 2.41. The van der Waals surface area contributed by atoms with E-state index in [-0.39, 0.29) is 0 Å². The number of nitrogens with zero attached hydrogens (tertiary/aromatic N) is 3. The maximum atomic E-state index is 5.56. The van der Waals surface area contributed by atoms with Crippen LogP contribution in [-0.4, -0.2) is 35.7 Å². The van der Waals surface area contributed by atoms with Crippen LogP contribution in [0.2, 0.25) is 0 Å². The molecule has 0 fully saturated rings. The van der Waals surface area contributed by atoms with Crippen molar-refractivity contribution in [2.75, 3.05) is 21.2 Å². The van der Waals surface area contributed by atoms with Crippen LogP contribution in [-0.2, 0) is 11.8 Å². The average Bonchev–Trinajstić information content (AvgIpc) is 2.76. The lowest BCUT2D eigenvalue weighted by Crippen LogP contribution is -2.15. The maximum Gasteiger partial charge on any atom is 0.198 e. The predicted octanol–water partition coefficient (Wildman–Crippen LogP) is 3.03. The van der Waals surface area contributed by atoms with Crippen LogP contribution in [0.1, 0.15) is 12.6 Å². The quantitative estimate of drug-likeness (QED) is 0.632. The van der Waals surface area contributed by atoms with Gasteiger partial charge in [0.2, 0.25) is 0 Å². The Morgan fingerprint density at radius 3 is 2.70 bits per heavy atom. The Bertz CT molecular complexity index is 665. The SMILES string of the molecule is CC=C/C(=C(/OC)N(C)C)c1cc2ccncc2n1C. The normalized spacial score (nSPS) is 12.8. The second-order valence-electron chi connectivity index (χ2n) is 4.84. The molecule has 0 N–H and O–H groups in total. The van der Waals surface area contributed by atoms with Crippen LogP contribution >= 0.6 is 0 Å². The summed E-state index contributed by atoms with van der Waals surface area (Å²) in [6.07, 6.45) is 7.79. The van der Waals surface area contributed by atoms with Crippen LogP contribution in [0.5, 0.6) is 0 Å². The number of ether oxygens (including phenoxy) is 1. The van der Waals surface area contributed by atoms with Crippen LogP contribution in [0.15, 0.2) is 42.6 Å². The van der Waals surface area contributed by atoms with Gasteiger partial charge >= 0.3 is 0 Å². The Morgan fingerprint density at radius 2 is 2.15 bits per heavy atom. The summed E-state index contributed by atoms with van der Waals surface area (Å²) in [5.41, 5.74) is 3.27. The van der Waals surface area contributed by atoms with E-state index in [1.807, 2.05) is 57.5 Å². The Hall–Kier alpha value is -2.23. The molecular formula is C16H21N3O. The van der Waals surface area contributed by atoms with Gasteiger partial charge in [-0.2, -0.15) is 0 Å². The number of pyridine rings is 1. The minimum atomic E-state index is 0.835. The summed E-state index contributed by atoms with van der Waals surface area (Å²) in [6.45, 7) is 2.01. The van der Waals surface area contributed by atoms with Gasteiger partial charge in [-0.3, -0.25) is 4.98 Å². The van der Waals surface area contributed by atoms with E-state index in [0.29, 0.717) is 0 Å². The second-order valence-corrected chi connectivity index (χ2v) is 4.84. The molecule has 2 aromatic heterocycles. The van der Waals surface area contributed by atoms with Crippen molar-refractivity contribution in [3.8, 4) is 0 Å². The lowest BCUT2D eigenvalue weighted by molar-refractivity contribution is 0.197. The fourth-order valence-corrected chi connectivity index (χ4v) is 2.40. The van der Waals surface area contributed by atoms with Crippen molar-refractivity contribution in [1.82, 2.24) is 14.5 Å². The summed E-state index contributed by atoms with van der Waals surface area (Å²) >= 11 is 0. The van der Waals surface area contributed by atoms with Gasteiger partial charge in [0.25, 0.3) is 0 Å². The number of methoxy groups -OCH3 is 1. The van der Waals surface area contributed by atoms with E-state index >= 15 is 0 Å². The molecule has 0 unspecified atom stereocenters. The molecule has 2 rings (SSSR count). The monoisotopic (exact) mass is 271 g/mol. The smallest absolute Gasteiger partial charge is 0.198 e. The first-order chi connectivity index (χ1) is 9.60. The zero-order valence-corrected chi connectivity index (χ0v) is 12.7. The van der Waals surface area contributed by atoms with Crippen molar-refractivity contribution in [2.24, 2.45) is 7.05 Å². The molecular weight excluding hydrogens is 250 g/mol. The lowest BCUT2D eigenvalue weighted by Gasteiger charge is -2.19. The van der Waals surface area contributed by atoms with E-state index in [4.69, 9.17) is 4.74 Å². The van der Waals surface area contributed by atoms with Gasteiger partial charge in [0.05, 0.1) is 30.1 Å². The second kappa shape index (κ2) is 5.82. The summed E-state index contributed by atoms with van der Waals surface area (Å²) in [5, 5.41) is 1.17. The third-order valence-electron chi connectivity index (χ3n) is 3.29. The van der Waals surface area contributed by atoms with Crippen LogP contribution in [0.3, 0.4) is 0 Å². The first-order valence-corrected chi connectivity index (χ1v) is 6.58. The van der Waals surface area contributed by atoms with Gasteiger partial charge < -0.3 is 14.2 Å². The fraction of sp³-hybridized carbons (Fsp3) is 0.312. The number of rotatable bonds is 4. The standard InChI is InChI=1S/C16H21N3O/c1-6-7-13(16(20-5)18(2)3)14-10-12-8-9-17-11-15(12)19(14)4/h6-11H,1-5H3/b7-6?,16-13-. The largest absolute Gasteiger partial charge is 0.482 e. The number of aryl methyl sites for hydroxylation is 1. The summed E-state index contributed by atoms with van der Waals surface area (Å²) in [5.74, 6) is 0.835. The van der Waals surface area contributed by atoms with Gasteiger partial charge in [0, 0.05) is 32.7 Å². The highest BCUT2D eigenvalue weighted by molar-refractivity contribution is 5.87. The Labute approximate surface area is 120 Å². The molecule has 0 aliphatic heterocycles. The summed E-state index contributed by atoms with van der Waals surface area (Å²) in [6, 6.07) is 4.18. The van der Waals surface area contributed by atoms with E-state index in [0.717, 1.165) is 22.7 Å². The summed E-state index contributed by atoms with van der Waals surface area (Å²) in [7, 11) is 7.70. The van der Waals surface area contributed by atoms with E-state index < -0.39 is 0 Å². The van der Waals surface area contributed by atoms with E-state index in [2.05, 4.69) is 21.7 Å². The van der Waals surface area contributed by atoms with Crippen molar-refractivity contribution < 1.29 is 4.74 Å². The molecule has 0 bridgehead atoms. The molecule has 4 nitrogen and oxygen atoms in total. The van der Waals surface area contributed by atoms with Gasteiger partial charge in [-0.05, 0) is 19.1 Å². The zero-order chi connectivity index (χ0) is 14.7. The molecule has 0 saturated carbocycles. The molecule has 2 heterocycles. The first-order valence-electron chi connectivity index (χ1n) is 6.58. The van der Waals surface area contributed by atoms with Gasteiger partial charge in [-0.15, -0.1) is 0 Å². The summed E-state index contributed by atoms with van der Waals surface area (Å²) in [4.78, 5) is 6.17. The molecule has 0 atom stereocenters.